The minimum atomic E-state index is -0.503. The topological polar surface area (TPSA) is 83.8 Å². The first-order valence-electron chi connectivity index (χ1n) is 4.62. The molecule has 0 fully saturated rings. The van der Waals surface area contributed by atoms with E-state index in [1.165, 1.54) is 0 Å². The molecule has 5 heteroatoms. The molecule has 0 bridgehead atoms. The molecular weight excluding hydrogens is 180 g/mol. The van der Waals surface area contributed by atoms with Crippen molar-refractivity contribution < 1.29 is 4.79 Å². The number of aromatic nitrogens is 2. The first-order chi connectivity index (χ1) is 6.62. The lowest BCUT2D eigenvalue weighted by molar-refractivity contribution is -0.124. The summed E-state index contributed by atoms with van der Waals surface area (Å²) in [7, 11) is 0. The summed E-state index contributed by atoms with van der Waals surface area (Å²) in [5.41, 5.74) is 5.73. The standard InChI is InChI=1S/C9H16N4O/c1-3-9(2,6-10)8(14)13-7-4-11-12-5-7/h4-5H,3,6,10H2,1-2H3,(H,11,12)(H,13,14). The van der Waals surface area contributed by atoms with Crippen LogP contribution in [0.3, 0.4) is 0 Å². The number of nitrogens with one attached hydrogen (secondary N) is 2. The Morgan fingerprint density at radius 1 is 1.79 bits per heavy atom. The maximum Gasteiger partial charge on any atom is 0.231 e. The first-order valence-corrected chi connectivity index (χ1v) is 4.62. The van der Waals surface area contributed by atoms with Crippen molar-refractivity contribution in [2.75, 3.05) is 11.9 Å². The molecule has 1 aromatic rings. The summed E-state index contributed by atoms with van der Waals surface area (Å²) in [4.78, 5) is 11.8. The number of aromatic amines is 1. The minimum absolute atomic E-state index is 0.0658. The van der Waals surface area contributed by atoms with Crippen LogP contribution in [0.5, 0.6) is 0 Å². The van der Waals surface area contributed by atoms with Crippen molar-refractivity contribution in [2.24, 2.45) is 11.1 Å². The predicted octanol–water partition coefficient (Wildman–Crippen LogP) is 0.723. The van der Waals surface area contributed by atoms with E-state index in [4.69, 9.17) is 5.73 Å². The van der Waals surface area contributed by atoms with E-state index in [2.05, 4.69) is 15.5 Å². The van der Waals surface area contributed by atoms with Crippen LogP contribution >= 0.6 is 0 Å². The van der Waals surface area contributed by atoms with Crippen LogP contribution in [-0.2, 0) is 4.79 Å². The molecule has 0 aromatic carbocycles. The minimum Gasteiger partial charge on any atom is -0.329 e. The molecule has 0 saturated carbocycles. The molecule has 0 aliphatic rings. The molecule has 0 aliphatic heterocycles. The van der Waals surface area contributed by atoms with E-state index in [1.54, 1.807) is 12.4 Å². The number of H-pyrrole nitrogens is 1. The molecule has 0 saturated heterocycles. The monoisotopic (exact) mass is 196 g/mol. The van der Waals surface area contributed by atoms with Crippen molar-refractivity contribution >= 4 is 11.6 Å². The van der Waals surface area contributed by atoms with E-state index < -0.39 is 5.41 Å². The molecule has 1 unspecified atom stereocenters. The van der Waals surface area contributed by atoms with Crippen LogP contribution in [0.4, 0.5) is 5.69 Å². The molecule has 0 spiro atoms. The van der Waals surface area contributed by atoms with Gasteiger partial charge in [-0.1, -0.05) is 6.92 Å². The van der Waals surface area contributed by atoms with Gasteiger partial charge in [0, 0.05) is 12.7 Å². The SMILES string of the molecule is CCC(C)(CN)C(=O)Nc1cn[nH]c1. The smallest absolute Gasteiger partial charge is 0.231 e. The fourth-order valence-electron chi connectivity index (χ4n) is 0.999. The Morgan fingerprint density at radius 2 is 2.50 bits per heavy atom. The van der Waals surface area contributed by atoms with Crippen molar-refractivity contribution in [1.29, 1.82) is 0 Å². The zero-order chi connectivity index (χ0) is 10.6. The fourth-order valence-corrected chi connectivity index (χ4v) is 0.999. The van der Waals surface area contributed by atoms with Gasteiger partial charge in [-0.15, -0.1) is 0 Å². The van der Waals surface area contributed by atoms with E-state index >= 15 is 0 Å². The maximum atomic E-state index is 11.8. The average molecular weight is 196 g/mol. The number of hydrogen-bond acceptors (Lipinski definition) is 3. The Bertz CT molecular complexity index is 290. The van der Waals surface area contributed by atoms with Crippen molar-refractivity contribution in [1.82, 2.24) is 10.2 Å². The highest BCUT2D eigenvalue weighted by molar-refractivity contribution is 5.94. The van der Waals surface area contributed by atoms with Gasteiger partial charge in [0.05, 0.1) is 17.3 Å². The van der Waals surface area contributed by atoms with Gasteiger partial charge < -0.3 is 11.1 Å². The van der Waals surface area contributed by atoms with Crippen LogP contribution in [0.25, 0.3) is 0 Å². The van der Waals surface area contributed by atoms with Gasteiger partial charge in [-0.05, 0) is 13.3 Å². The summed E-state index contributed by atoms with van der Waals surface area (Å²) < 4.78 is 0. The van der Waals surface area contributed by atoms with E-state index in [0.717, 1.165) is 0 Å². The summed E-state index contributed by atoms with van der Waals surface area (Å²) in [6.07, 6.45) is 3.90. The number of carbonyl (C=O) groups is 1. The number of nitrogens with zero attached hydrogens (tertiary/aromatic N) is 1. The predicted molar refractivity (Wildman–Crippen MR) is 54.7 cm³/mol. The second kappa shape index (κ2) is 4.23. The molecule has 1 heterocycles. The average Bonchev–Trinajstić information content (AvgIpc) is 2.69. The van der Waals surface area contributed by atoms with Crippen LogP contribution in [0.1, 0.15) is 20.3 Å². The van der Waals surface area contributed by atoms with Gasteiger partial charge in [-0.2, -0.15) is 5.10 Å². The Kier molecular flexibility index (Phi) is 3.24. The van der Waals surface area contributed by atoms with Crippen LogP contribution in [-0.4, -0.2) is 22.6 Å². The molecule has 1 atom stereocenters. The van der Waals surface area contributed by atoms with Crippen molar-refractivity contribution in [3.8, 4) is 0 Å². The van der Waals surface area contributed by atoms with E-state index in [0.29, 0.717) is 18.7 Å². The molecule has 0 radical (unpaired) electrons. The third kappa shape index (κ3) is 2.11. The van der Waals surface area contributed by atoms with Gasteiger partial charge in [0.25, 0.3) is 0 Å². The van der Waals surface area contributed by atoms with Crippen molar-refractivity contribution in [3.63, 3.8) is 0 Å². The molecular formula is C9H16N4O. The van der Waals surface area contributed by atoms with Gasteiger partial charge in [-0.3, -0.25) is 9.89 Å². The third-order valence-electron chi connectivity index (χ3n) is 2.54. The van der Waals surface area contributed by atoms with Gasteiger partial charge in [0.1, 0.15) is 0 Å². The van der Waals surface area contributed by atoms with Crippen molar-refractivity contribution in [3.05, 3.63) is 12.4 Å². The van der Waals surface area contributed by atoms with Gasteiger partial charge in [0.15, 0.2) is 0 Å². The van der Waals surface area contributed by atoms with Crippen LogP contribution in [0, 0.1) is 5.41 Å². The normalized spacial score (nSPS) is 14.8. The summed E-state index contributed by atoms with van der Waals surface area (Å²) in [5.74, 6) is -0.0658. The summed E-state index contributed by atoms with van der Waals surface area (Å²) in [6.45, 7) is 4.14. The van der Waals surface area contributed by atoms with Gasteiger partial charge in [0.2, 0.25) is 5.91 Å². The molecule has 0 aliphatic carbocycles. The van der Waals surface area contributed by atoms with Crippen LogP contribution in [0.15, 0.2) is 12.4 Å². The zero-order valence-electron chi connectivity index (χ0n) is 8.50. The summed E-state index contributed by atoms with van der Waals surface area (Å²) in [6, 6.07) is 0. The number of rotatable bonds is 4. The van der Waals surface area contributed by atoms with E-state index in [9.17, 15) is 4.79 Å². The van der Waals surface area contributed by atoms with E-state index in [-0.39, 0.29) is 5.91 Å². The Morgan fingerprint density at radius 3 is 2.93 bits per heavy atom. The first kappa shape index (κ1) is 10.7. The number of anilines is 1. The second-order valence-corrected chi connectivity index (χ2v) is 3.56. The number of hydrogen-bond donors (Lipinski definition) is 3. The lowest BCUT2D eigenvalue weighted by Crippen LogP contribution is -2.39. The van der Waals surface area contributed by atoms with Gasteiger partial charge in [-0.25, -0.2) is 0 Å². The molecule has 78 valence electrons. The third-order valence-corrected chi connectivity index (χ3v) is 2.54. The summed E-state index contributed by atoms with van der Waals surface area (Å²) >= 11 is 0. The highest BCUT2D eigenvalue weighted by Gasteiger charge is 2.29. The summed E-state index contributed by atoms with van der Waals surface area (Å²) in [5, 5.41) is 9.12. The maximum absolute atomic E-state index is 11.8. The van der Waals surface area contributed by atoms with E-state index in [1.807, 2.05) is 13.8 Å². The molecule has 5 nitrogen and oxygen atoms in total. The molecule has 14 heavy (non-hydrogen) atoms. The second-order valence-electron chi connectivity index (χ2n) is 3.56. The number of amides is 1. The zero-order valence-corrected chi connectivity index (χ0v) is 8.50. The highest BCUT2D eigenvalue weighted by Crippen LogP contribution is 2.21. The molecule has 1 rings (SSSR count). The Balaban J connectivity index is 2.66. The highest BCUT2D eigenvalue weighted by atomic mass is 16.2. The largest absolute Gasteiger partial charge is 0.329 e. The molecule has 4 N–H and O–H groups in total. The fraction of sp³-hybridized carbons (Fsp3) is 0.556. The Hall–Kier alpha value is -1.36. The lowest BCUT2D eigenvalue weighted by Gasteiger charge is -2.24. The molecule has 1 aromatic heterocycles. The number of carbonyl (C=O) groups excluding carboxylic acids is 1. The number of nitrogens with two attached hydrogens (primary N) is 1. The quantitative estimate of drug-likeness (QED) is 0.663. The lowest BCUT2D eigenvalue weighted by atomic mass is 9.86. The van der Waals surface area contributed by atoms with Crippen molar-refractivity contribution in [2.45, 2.75) is 20.3 Å². The van der Waals surface area contributed by atoms with Gasteiger partial charge >= 0.3 is 0 Å². The molecule has 1 amide bonds. The van der Waals surface area contributed by atoms with Crippen LogP contribution in [0.2, 0.25) is 0 Å². The van der Waals surface area contributed by atoms with Crippen LogP contribution < -0.4 is 11.1 Å². The Labute approximate surface area is 83.1 Å².